The Morgan fingerprint density at radius 1 is 1.16 bits per heavy atom. The van der Waals surface area contributed by atoms with Gasteiger partial charge in [-0.25, -0.2) is 18.7 Å². The van der Waals surface area contributed by atoms with Crippen molar-refractivity contribution in [3.05, 3.63) is 58.4 Å². The normalized spacial score (nSPS) is 10.7. The fourth-order valence-electron chi connectivity index (χ4n) is 2.29. The van der Waals surface area contributed by atoms with E-state index in [1.165, 1.54) is 12.1 Å². The SMILES string of the molecule is C#Cc1ccc(Nc2c(C(=O)NOCCO)cc(/C=N/OCCO)c(F)c2F)c(F)c1. The highest BCUT2D eigenvalue weighted by Crippen LogP contribution is 2.30. The number of halogens is 3. The van der Waals surface area contributed by atoms with Gasteiger partial charge >= 0.3 is 0 Å². The Balaban J connectivity index is 2.49. The van der Waals surface area contributed by atoms with E-state index in [4.69, 9.17) is 21.5 Å². The number of rotatable bonds is 10. The maximum absolute atomic E-state index is 14.8. The van der Waals surface area contributed by atoms with Crippen molar-refractivity contribution in [3.8, 4) is 12.3 Å². The first-order chi connectivity index (χ1) is 14.9. The predicted octanol–water partition coefficient (Wildman–Crippen LogP) is 1.83. The third kappa shape index (κ3) is 6.19. The van der Waals surface area contributed by atoms with Crippen molar-refractivity contribution < 1.29 is 37.9 Å². The molecule has 0 saturated heterocycles. The van der Waals surface area contributed by atoms with E-state index in [9.17, 15) is 18.0 Å². The number of terminal acetylenes is 1. The molecule has 1 amide bonds. The third-order valence-corrected chi connectivity index (χ3v) is 3.68. The van der Waals surface area contributed by atoms with Gasteiger partial charge in [0, 0.05) is 11.1 Å². The maximum atomic E-state index is 14.8. The van der Waals surface area contributed by atoms with Crippen LogP contribution < -0.4 is 10.8 Å². The molecule has 0 heterocycles. The molecule has 8 nitrogen and oxygen atoms in total. The van der Waals surface area contributed by atoms with Gasteiger partial charge in [0.1, 0.15) is 12.4 Å². The Kier molecular flexibility index (Phi) is 8.83. The summed E-state index contributed by atoms with van der Waals surface area (Å²) in [6.45, 7) is -1.20. The quantitative estimate of drug-likeness (QED) is 0.195. The standard InChI is InChI=1S/C20H18F3N3O5/c1-2-12-3-4-16(15(21)9-12)25-19-14(20(29)26-31-8-6-28)10-13(17(22)18(19)23)11-24-30-7-5-27/h1,3-4,9-11,25,27-28H,5-8H2,(H,26,29)/b24-11+. The number of benzene rings is 2. The molecule has 0 fully saturated rings. The molecular formula is C20H18F3N3O5. The summed E-state index contributed by atoms with van der Waals surface area (Å²) < 4.78 is 43.6. The van der Waals surface area contributed by atoms with E-state index < -0.39 is 46.8 Å². The highest BCUT2D eigenvalue weighted by Gasteiger charge is 2.23. The molecule has 0 aliphatic rings. The van der Waals surface area contributed by atoms with Crippen LogP contribution in [0.1, 0.15) is 21.5 Å². The topological polar surface area (TPSA) is 112 Å². The van der Waals surface area contributed by atoms with E-state index >= 15 is 0 Å². The number of anilines is 2. The Morgan fingerprint density at radius 2 is 1.90 bits per heavy atom. The number of hydroxylamine groups is 1. The van der Waals surface area contributed by atoms with Crippen molar-refractivity contribution in [2.75, 3.05) is 31.7 Å². The number of carbonyl (C=O) groups excluding carboxylic acids is 1. The van der Waals surface area contributed by atoms with Gasteiger partial charge < -0.3 is 20.4 Å². The molecule has 164 valence electrons. The number of hydrogen-bond acceptors (Lipinski definition) is 7. The number of amides is 1. The lowest BCUT2D eigenvalue weighted by Gasteiger charge is -2.15. The van der Waals surface area contributed by atoms with E-state index in [1.807, 2.05) is 5.48 Å². The molecule has 0 spiro atoms. The van der Waals surface area contributed by atoms with Crippen LogP contribution in [0.5, 0.6) is 0 Å². The van der Waals surface area contributed by atoms with Crippen molar-refractivity contribution in [2.45, 2.75) is 0 Å². The number of aliphatic hydroxyl groups is 2. The Labute approximate surface area is 175 Å². The highest BCUT2D eigenvalue weighted by atomic mass is 19.2. The molecule has 0 bridgehead atoms. The first kappa shape index (κ1) is 23.7. The number of hydrogen-bond donors (Lipinski definition) is 4. The molecule has 0 aromatic heterocycles. The van der Waals surface area contributed by atoms with Crippen LogP contribution in [0.2, 0.25) is 0 Å². The molecule has 0 radical (unpaired) electrons. The molecule has 0 aliphatic carbocycles. The molecule has 2 aromatic carbocycles. The summed E-state index contributed by atoms with van der Waals surface area (Å²) in [5, 5.41) is 23.1. The number of nitrogens with one attached hydrogen (secondary N) is 2. The van der Waals surface area contributed by atoms with E-state index in [1.54, 1.807) is 0 Å². The van der Waals surface area contributed by atoms with E-state index in [0.29, 0.717) is 0 Å². The zero-order valence-electron chi connectivity index (χ0n) is 16.0. The zero-order valence-corrected chi connectivity index (χ0v) is 16.0. The Bertz CT molecular complexity index is 1010. The maximum Gasteiger partial charge on any atom is 0.277 e. The van der Waals surface area contributed by atoms with Crippen molar-refractivity contribution in [1.82, 2.24) is 5.48 Å². The largest absolute Gasteiger partial charge is 0.394 e. The van der Waals surface area contributed by atoms with Crippen molar-refractivity contribution in [1.29, 1.82) is 0 Å². The van der Waals surface area contributed by atoms with Crippen LogP contribution in [0.15, 0.2) is 29.4 Å². The molecule has 2 aromatic rings. The van der Waals surface area contributed by atoms with Gasteiger partial charge in [-0.3, -0.25) is 9.63 Å². The third-order valence-electron chi connectivity index (χ3n) is 3.68. The molecule has 0 unspecified atom stereocenters. The number of nitrogens with zero attached hydrogens (tertiary/aromatic N) is 1. The van der Waals surface area contributed by atoms with E-state index in [-0.39, 0.29) is 31.1 Å². The smallest absolute Gasteiger partial charge is 0.277 e. The number of carbonyl (C=O) groups is 1. The monoisotopic (exact) mass is 437 g/mol. The minimum atomic E-state index is -1.50. The minimum absolute atomic E-state index is 0.185. The average Bonchev–Trinajstić information content (AvgIpc) is 2.76. The van der Waals surface area contributed by atoms with Crippen LogP contribution in [0.25, 0.3) is 0 Å². The fraction of sp³-hybridized carbons (Fsp3) is 0.200. The van der Waals surface area contributed by atoms with Crippen molar-refractivity contribution in [3.63, 3.8) is 0 Å². The molecule has 2 rings (SSSR count). The summed E-state index contributed by atoms with van der Waals surface area (Å²) in [5.41, 5.74) is 0.309. The van der Waals surface area contributed by atoms with Gasteiger partial charge in [-0.2, -0.15) is 0 Å². The average molecular weight is 437 g/mol. The summed E-state index contributed by atoms with van der Waals surface area (Å²) in [6, 6.07) is 4.49. The molecule has 11 heteroatoms. The zero-order chi connectivity index (χ0) is 22.8. The second-order valence-corrected chi connectivity index (χ2v) is 5.77. The summed E-state index contributed by atoms with van der Waals surface area (Å²) in [4.78, 5) is 21.8. The lowest BCUT2D eigenvalue weighted by Crippen LogP contribution is -2.26. The molecule has 4 N–H and O–H groups in total. The van der Waals surface area contributed by atoms with Crippen LogP contribution in [0.3, 0.4) is 0 Å². The molecule has 31 heavy (non-hydrogen) atoms. The first-order valence-corrected chi connectivity index (χ1v) is 8.77. The van der Waals surface area contributed by atoms with Crippen molar-refractivity contribution >= 4 is 23.5 Å². The van der Waals surface area contributed by atoms with Crippen LogP contribution in [0, 0.1) is 29.8 Å². The van der Waals surface area contributed by atoms with Crippen LogP contribution in [0.4, 0.5) is 24.5 Å². The highest BCUT2D eigenvalue weighted by molar-refractivity contribution is 6.01. The predicted molar refractivity (Wildman–Crippen MR) is 105 cm³/mol. The molecule has 0 saturated carbocycles. The first-order valence-electron chi connectivity index (χ1n) is 8.77. The van der Waals surface area contributed by atoms with Gasteiger partial charge in [-0.05, 0) is 24.3 Å². The number of oxime groups is 1. The summed E-state index contributed by atoms with van der Waals surface area (Å²) >= 11 is 0. The van der Waals surface area contributed by atoms with E-state index in [2.05, 4.69) is 21.2 Å². The van der Waals surface area contributed by atoms with E-state index in [0.717, 1.165) is 18.3 Å². The fourth-order valence-corrected chi connectivity index (χ4v) is 2.29. The van der Waals surface area contributed by atoms with Gasteiger partial charge in [0.15, 0.2) is 11.6 Å². The van der Waals surface area contributed by atoms with Crippen LogP contribution >= 0.6 is 0 Å². The summed E-state index contributed by atoms with van der Waals surface area (Å²) in [7, 11) is 0. The van der Waals surface area contributed by atoms with Gasteiger partial charge in [0.25, 0.3) is 5.91 Å². The van der Waals surface area contributed by atoms with Crippen LogP contribution in [-0.4, -0.2) is 48.8 Å². The van der Waals surface area contributed by atoms with Gasteiger partial charge in [-0.1, -0.05) is 11.1 Å². The molecule has 0 aliphatic heterocycles. The van der Waals surface area contributed by atoms with Crippen LogP contribution in [-0.2, 0) is 9.68 Å². The lowest BCUT2D eigenvalue weighted by atomic mass is 10.1. The lowest BCUT2D eigenvalue weighted by molar-refractivity contribution is 0.0168. The number of aliphatic hydroxyl groups excluding tert-OH is 2. The summed E-state index contributed by atoms with van der Waals surface area (Å²) in [5.74, 6) is -2.54. The second kappa shape index (κ2) is 11.6. The van der Waals surface area contributed by atoms with Gasteiger partial charge in [0.2, 0.25) is 0 Å². The molecule has 0 atom stereocenters. The second-order valence-electron chi connectivity index (χ2n) is 5.77. The Hall–Kier alpha value is -3.59. The van der Waals surface area contributed by atoms with Gasteiger partial charge in [-0.15, -0.1) is 6.42 Å². The summed E-state index contributed by atoms with van der Waals surface area (Å²) in [6.07, 6.45) is 5.99. The van der Waals surface area contributed by atoms with Crippen molar-refractivity contribution in [2.24, 2.45) is 5.16 Å². The minimum Gasteiger partial charge on any atom is -0.394 e. The van der Waals surface area contributed by atoms with Gasteiger partial charge in [0.05, 0.1) is 43.0 Å². The molecular weight excluding hydrogens is 419 g/mol. The Morgan fingerprint density at radius 3 is 2.55 bits per heavy atom.